The summed E-state index contributed by atoms with van der Waals surface area (Å²) in [6, 6.07) is 8.85. The molecule has 0 bridgehead atoms. The van der Waals surface area contributed by atoms with Crippen molar-refractivity contribution in [2.45, 2.75) is 38.3 Å². The molecule has 6 heteroatoms. The first kappa shape index (κ1) is 17.9. The van der Waals surface area contributed by atoms with Gasteiger partial charge < -0.3 is 10.2 Å². The minimum atomic E-state index is 0.121. The minimum absolute atomic E-state index is 0.121. The third-order valence-electron chi connectivity index (χ3n) is 5.81. The molecule has 0 spiro atoms. The first-order valence-corrected chi connectivity index (χ1v) is 9.81. The monoisotopic (exact) mass is 365 g/mol. The molecular formula is C21H27N5O. The number of rotatable bonds is 4. The quantitative estimate of drug-likeness (QED) is 0.903. The summed E-state index contributed by atoms with van der Waals surface area (Å²) in [4.78, 5) is 26.0. The van der Waals surface area contributed by atoms with Crippen LogP contribution in [-0.4, -0.2) is 64.4 Å². The second-order valence-electron chi connectivity index (χ2n) is 7.53. The van der Waals surface area contributed by atoms with Crippen molar-refractivity contribution in [2.24, 2.45) is 0 Å². The van der Waals surface area contributed by atoms with Gasteiger partial charge in [0.1, 0.15) is 5.69 Å². The van der Waals surface area contributed by atoms with Gasteiger partial charge >= 0.3 is 0 Å². The highest BCUT2D eigenvalue weighted by Gasteiger charge is 2.37. The molecule has 1 unspecified atom stereocenters. The first-order valence-electron chi connectivity index (χ1n) is 9.81. The molecule has 1 atom stereocenters. The lowest BCUT2D eigenvalue weighted by atomic mass is 9.97. The second kappa shape index (κ2) is 7.64. The lowest BCUT2D eigenvalue weighted by molar-refractivity contribution is 0.00213. The van der Waals surface area contributed by atoms with Gasteiger partial charge in [0, 0.05) is 55.7 Å². The van der Waals surface area contributed by atoms with E-state index < -0.39 is 0 Å². The van der Waals surface area contributed by atoms with Gasteiger partial charge in [-0.05, 0) is 38.4 Å². The van der Waals surface area contributed by atoms with Crippen LogP contribution in [0.15, 0.2) is 36.7 Å². The SMILES string of the molecule is CNc1nccnc1-c1ccc(C(=O)N2CC(N3CCCCC3C)C2)cc1. The maximum atomic E-state index is 12.8. The van der Waals surface area contributed by atoms with Crippen LogP contribution in [-0.2, 0) is 0 Å². The van der Waals surface area contributed by atoms with Crippen LogP contribution >= 0.6 is 0 Å². The number of anilines is 1. The Bertz CT molecular complexity index is 800. The number of hydrogen-bond acceptors (Lipinski definition) is 5. The average molecular weight is 365 g/mol. The highest BCUT2D eigenvalue weighted by molar-refractivity contribution is 5.95. The molecule has 0 aliphatic carbocycles. The molecule has 2 aliphatic rings. The summed E-state index contributed by atoms with van der Waals surface area (Å²) in [6.45, 7) is 5.18. The highest BCUT2D eigenvalue weighted by atomic mass is 16.2. The van der Waals surface area contributed by atoms with Crippen LogP contribution < -0.4 is 5.32 Å². The molecule has 4 rings (SSSR count). The van der Waals surface area contributed by atoms with E-state index in [0.717, 1.165) is 35.7 Å². The smallest absolute Gasteiger partial charge is 0.253 e. The summed E-state index contributed by atoms with van der Waals surface area (Å²) in [7, 11) is 1.83. The number of nitrogens with one attached hydrogen (secondary N) is 1. The van der Waals surface area contributed by atoms with Gasteiger partial charge in [-0.25, -0.2) is 4.98 Å². The van der Waals surface area contributed by atoms with Gasteiger partial charge in [-0.15, -0.1) is 0 Å². The Morgan fingerprint density at radius 3 is 2.56 bits per heavy atom. The van der Waals surface area contributed by atoms with Crippen LogP contribution in [0.3, 0.4) is 0 Å². The Hall–Kier alpha value is -2.47. The normalized spacial score (nSPS) is 21.0. The van der Waals surface area contributed by atoms with Gasteiger partial charge in [-0.2, -0.15) is 0 Å². The Balaban J connectivity index is 1.40. The summed E-state index contributed by atoms with van der Waals surface area (Å²) < 4.78 is 0. The molecule has 3 heterocycles. The number of aromatic nitrogens is 2. The van der Waals surface area contributed by atoms with Gasteiger partial charge in [0.05, 0.1) is 0 Å². The third kappa shape index (κ3) is 3.54. The Labute approximate surface area is 160 Å². The predicted octanol–water partition coefficient (Wildman–Crippen LogP) is 2.88. The van der Waals surface area contributed by atoms with E-state index in [2.05, 4.69) is 27.1 Å². The fourth-order valence-electron chi connectivity index (χ4n) is 4.18. The lowest BCUT2D eigenvalue weighted by Gasteiger charge is -2.49. The molecule has 0 saturated carbocycles. The standard InChI is InChI=1S/C21H27N5O/c1-15-5-3-4-12-26(15)18-13-25(14-18)21(27)17-8-6-16(7-9-17)19-20(22-2)24-11-10-23-19/h6-11,15,18H,3-5,12-14H2,1-2H3,(H,22,24). The lowest BCUT2D eigenvalue weighted by Crippen LogP contribution is -2.63. The Morgan fingerprint density at radius 2 is 1.85 bits per heavy atom. The van der Waals surface area contributed by atoms with Crippen LogP contribution in [0, 0.1) is 0 Å². The summed E-state index contributed by atoms with van der Waals surface area (Å²) in [5.41, 5.74) is 2.48. The summed E-state index contributed by atoms with van der Waals surface area (Å²) in [5.74, 6) is 0.855. The van der Waals surface area contributed by atoms with E-state index in [-0.39, 0.29) is 5.91 Å². The zero-order valence-corrected chi connectivity index (χ0v) is 16.1. The summed E-state index contributed by atoms with van der Waals surface area (Å²) in [5, 5.41) is 3.05. The maximum absolute atomic E-state index is 12.8. The molecule has 2 aliphatic heterocycles. The number of carbonyl (C=O) groups is 1. The van der Waals surface area contributed by atoms with E-state index in [9.17, 15) is 4.79 Å². The molecule has 2 saturated heterocycles. The fraction of sp³-hybridized carbons (Fsp3) is 0.476. The van der Waals surface area contributed by atoms with Crippen LogP contribution in [0.5, 0.6) is 0 Å². The highest BCUT2D eigenvalue weighted by Crippen LogP contribution is 2.27. The van der Waals surface area contributed by atoms with Crippen molar-refractivity contribution in [3.8, 4) is 11.3 Å². The molecule has 1 amide bonds. The molecule has 142 valence electrons. The predicted molar refractivity (Wildman–Crippen MR) is 107 cm³/mol. The average Bonchev–Trinajstić information content (AvgIpc) is 2.68. The van der Waals surface area contributed by atoms with Crippen LogP contribution in [0.4, 0.5) is 5.82 Å². The molecule has 1 N–H and O–H groups in total. The van der Waals surface area contributed by atoms with E-state index in [1.165, 1.54) is 25.8 Å². The van der Waals surface area contributed by atoms with Crippen molar-refractivity contribution in [3.63, 3.8) is 0 Å². The molecule has 6 nitrogen and oxygen atoms in total. The van der Waals surface area contributed by atoms with E-state index in [1.54, 1.807) is 12.4 Å². The van der Waals surface area contributed by atoms with E-state index in [0.29, 0.717) is 12.1 Å². The number of hydrogen-bond donors (Lipinski definition) is 1. The van der Waals surface area contributed by atoms with Crippen molar-refractivity contribution >= 4 is 11.7 Å². The molecular weight excluding hydrogens is 338 g/mol. The van der Waals surface area contributed by atoms with Gasteiger partial charge in [0.2, 0.25) is 0 Å². The number of benzene rings is 1. The number of piperidine rings is 1. The number of carbonyl (C=O) groups excluding carboxylic acids is 1. The Morgan fingerprint density at radius 1 is 1.11 bits per heavy atom. The van der Waals surface area contributed by atoms with Crippen molar-refractivity contribution in [2.75, 3.05) is 32.0 Å². The maximum Gasteiger partial charge on any atom is 0.253 e. The minimum Gasteiger partial charge on any atom is -0.371 e. The van der Waals surface area contributed by atoms with Gasteiger partial charge in [-0.3, -0.25) is 14.7 Å². The van der Waals surface area contributed by atoms with Crippen molar-refractivity contribution in [1.82, 2.24) is 19.8 Å². The van der Waals surface area contributed by atoms with Gasteiger partial charge in [-0.1, -0.05) is 18.6 Å². The van der Waals surface area contributed by atoms with E-state index in [4.69, 9.17) is 0 Å². The molecule has 0 radical (unpaired) electrons. The second-order valence-corrected chi connectivity index (χ2v) is 7.53. The molecule has 1 aromatic heterocycles. The topological polar surface area (TPSA) is 61.4 Å². The number of likely N-dealkylation sites (tertiary alicyclic amines) is 2. The summed E-state index contributed by atoms with van der Waals surface area (Å²) >= 11 is 0. The van der Waals surface area contributed by atoms with Gasteiger partial charge in [0.25, 0.3) is 5.91 Å². The zero-order chi connectivity index (χ0) is 18.8. The van der Waals surface area contributed by atoms with Gasteiger partial charge in [0.15, 0.2) is 5.82 Å². The van der Waals surface area contributed by atoms with E-state index in [1.807, 2.05) is 36.2 Å². The van der Waals surface area contributed by atoms with Crippen LogP contribution in [0.25, 0.3) is 11.3 Å². The van der Waals surface area contributed by atoms with Crippen LogP contribution in [0.2, 0.25) is 0 Å². The summed E-state index contributed by atoms with van der Waals surface area (Å²) in [6.07, 6.45) is 7.24. The fourth-order valence-corrected chi connectivity index (χ4v) is 4.18. The number of amides is 1. The van der Waals surface area contributed by atoms with E-state index >= 15 is 0 Å². The van der Waals surface area contributed by atoms with Crippen molar-refractivity contribution in [1.29, 1.82) is 0 Å². The molecule has 1 aromatic carbocycles. The Kier molecular flexibility index (Phi) is 5.07. The largest absolute Gasteiger partial charge is 0.371 e. The molecule has 2 fully saturated rings. The molecule has 27 heavy (non-hydrogen) atoms. The first-order chi connectivity index (χ1) is 13.2. The molecule has 2 aromatic rings. The zero-order valence-electron chi connectivity index (χ0n) is 16.1. The third-order valence-corrected chi connectivity index (χ3v) is 5.81. The van der Waals surface area contributed by atoms with Crippen molar-refractivity contribution in [3.05, 3.63) is 42.2 Å². The number of nitrogens with zero attached hydrogens (tertiary/aromatic N) is 4. The van der Waals surface area contributed by atoms with Crippen molar-refractivity contribution < 1.29 is 4.79 Å². The van der Waals surface area contributed by atoms with Crippen LogP contribution in [0.1, 0.15) is 36.5 Å².